The Labute approximate surface area is 105 Å². The van der Waals surface area contributed by atoms with Crippen molar-refractivity contribution in [2.75, 3.05) is 5.75 Å². The van der Waals surface area contributed by atoms with Crippen LogP contribution >= 0.6 is 11.3 Å². The molecule has 0 saturated carbocycles. The first kappa shape index (κ1) is 12.3. The Morgan fingerprint density at radius 1 is 1.35 bits per heavy atom. The van der Waals surface area contributed by atoms with Crippen LogP contribution in [0.25, 0.3) is 10.2 Å². The predicted octanol–water partition coefficient (Wildman–Crippen LogP) is 3.04. The minimum Gasteiger partial charge on any atom is -0.225 e. The zero-order chi connectivity index (χ0) is 12.3. The average Bonchev–Trinajstić information content (AvgIpc) is 2.73. The lowest BCUT2D eigenvalue weighted by molar-refractivity contribution is 0.595. The van der Waals surface area contributed by atoms with Crippen LogP contribution in [-0.2, 0) is 9.84 Å². The van der Waals surface area contributed by atoms with Crippen LogP contribution in [0.3, 0.4) is 0 Å². The van der Waals surface area contributed by atoms with E-state index in [1.807, 2.05) is 43.3 Å². The second kappa shape index (κ2) is 4.98. The van der Waals surface area contributed by atoms with Crippen LogP contribution in [0.1, 0.15) is 13.3 Å². The van der Waals surface area contributed by atoms with Gasteiger partial charge in [0, 0.05) is 0 Å². The quantitative estimate of drug-likeness (QED) is 0.800. The van der Waals surface area contributed by atoms with Crippen LogP contribution in [0, 0.1) is 0 Å². The van der Waals surface area contributed by atoms with Crippen LogP contribution in [0.4, 0.5) is 0 Å². The van der Waals surface area contributed by atoms with Crippen LogP contribution in [0.15, 0.2) is 40.8 Å². The molecule has 0 N–H and O–H groups in total. The van der Waals surface area contributed by atoms with Crippen molar-refractivity contribution in [2.24, 2.45) is 0 Å². The minimum atomic E-state index is -3.24. The Balaban J connectivity index is 2.32. The Bertz CT molecular complexity index is 608. The van der Waals surface area contributed by atoms with Gasteiger partial charge >= 0.3 is 0 Å². The van der Waals surface area contributed by atoms with E-state index in [1.54, 1.807) is 0 Å². The van der Waals surface area contributed by atoms with E-state index in [2.05, 4.69) is 4.98 Å². The SMILES string of the molecule is C/C=C/CCS(=O)(=O)c1nc2ccccc2s1. The van der Waals surface area contributed by atoms with E-state index in [1.165, 1.54) is 11.3 Å². The number of allylic oxidation sites excluding steroid dienone is 2. The number of benzene rings is 1. The zero-order valence-electron chi connectivity index (χ0n) is 9.46. The lowest BCUT2D eigenvalue weighted by Crippen LogP contribution is -2.05. The highest BCUT2D eigenvalue weighted by Gasteiger charge is 2.18. The van der Waals surface area contributed by atoms with Crippen molar-refractivity contribution >= 4 is 31.4 Å². The smallest absolute Gasteiger partial charge is 0.210 e. The molecule has 5 heteroatoms. The first-order valence-corrected chi connectivity index (χ1v) is 7.80. The third-order valence-corrected chi connectivity index (χ3v) is 5.57. The fraction of sp³-hybridized carbons (Fsp3) is 0.250. The van der Waals surface area contributed by atoms with E-state index in [9.17, 15) is 8.42 Å². The third-order valence-electron chi connectivity index (χ3n) is 2.33. The van der Waals surface area contributed by atoms with Crippen molar-refractivity contribution < 1.29 is 8.42 Å². The Kier molecular flexibility index (Phi) is 3.59. The number of para-hydroxylation sites is 1. The molecule has 0 aliphatic rings. The Hall–Kier alpha value is -1.20. The van der Waals surface area contributed by atoms with Crippen molar-refractivity contribution in [1.29, 1.82) is 0 Å². The number of sulfone groups is 1. The number of rotatable bonds is 4. The normalized spacial score (nSPS) is 12.5. The maximum absolute atomic E-state index is 12.0. The first-order chi connectivity index (χ1) is 8.13. The Morgan fingerprint density at radius 2 is 2.12 bits per heavy atom. The standard InChI is InChI=1S/C12H13NO2S2/c1-2-3-6-9-17(14,15)12-13-10-7-4-5-8-11(10)16-12/h2-5,7-8H,6,9H2,1H3/b3-2+. The summed E-state index contributed by atoms with van der Waals surface area (Å²) in [6.45, 7) is 1.88. The molecule has 2 rings (SSSR count). The highest BCUT2D eigenvalue weighted by Crippen LogP contribution is 2.25. The van der Waals surface area contributed by atoms with E-state index >= 15 is 0 Å². The van der Waals surface area contributed by atoms with Crippen molar-refractivity contribution in [3.05, 3.63) is 36.4 Å². The van der Waals surface area contributed by atoms with Crippen molar-refractivity contribution in [3.63, 3.8) is 0 Å². The second-order valence-electron chi connectivity index (χ2n) is 3.62. The summed E-state index contributed by atoms with van der Waals surface area (Å²) in [5.74, 6) is 0.122. The van der Waals surface area contributed by atoms with Crippen LogP contribution in [-0.4, -0.2) is 19.2 Å². The van der Waals surface area contributed by atoms with Gasteiger partial charge in [0.2, 0.25) is 14.2 Å². The van der Waals surface area contributed by atoms with Gasteiger partial charge in [-0.25, -0.2) is 13.4 Å². The van der Waals surface area contributed by atoms with Gasteiger partial charge in [-0.2, -0.15) is 0 Å². The molecule has 1 aromatic heterocycles. The summed E-state index contributed by atoms with van der Waals surface area (Å²) in [6, 6.07) is 7.46. The molecule has 0 atom stereocenters. The first-order valence-electron chi connectivity index (χ1n) is 5.33. The molecular formula is C12H13NO2S2. The average molecular weight is 267 g/mol. The maximum Gasteiger partial charge on any atom is 0.210 e. The van der Waals surface area contributed by atoms with Crippen LogP contribution < -0.4 is 0 Å². The second-order valence-corrected chi connectivity index (χ2v) is 6.94. The van der Waals surface area contributed by atoms with Gasteiger partial charge in [0.15, 0.2) is 0 Å². The molecule has 2 aromatic rings. The molecule has 0 fully saturated rings. The summed E-state index contributed by atoms with van der Waals surface area (Å²) < 4.78 is 25.1. The predicted molar refractivity (Wildman–Crippen MR) is 71.1 cm³/mol. The van der Waals surface area contributed by atoms with Crippen molar-refractivity contribution in [1.82, 2.24) is 4.98 Å². The molecule has 0 radical (unpaired) electrons. The molecule has 0 aliphatic carbocycles. The van der Waals surface area contributed by atoms with Gasteiger partial charge in [0.25, 0.3) is 0 Å². The molecule has 1 heterocycles. The molecule has 0 aliphatic heterocycles. The van der Waals surface area contributed by atoms with E-state index in [4.69, 9.17) is 0 Å². The summed E-state index contributed by atoms with van der Waals surface area (Å²) in [5, 5.41) is 0. The van der Waals surface area contributed by atoms with Crippen LogP contribution in [0.5, 0.6) is 0 Å². The monoisotopic (exact) mass is 267 g/mol. The van der Waals surface area contributed by atoms with E-state index < -0.39 is 9.84 Å². The highest BCUT2D eigenvalue weighted by atomic mass is 32.2. The molecule has 0 spiro atoms. The van der Waals surface area contributed by atoms with E-state index in [0.717, 1.165) is 10.2 Å². The van der Waals surface area contributed by atoms with Gasteiger partial charge in [0.05, 0.1) is 16.0 Å². The largest absolute Gasteiger partial charge is 0.225 e. The summed E-state index contributed by atoms with van der Waals surface area (Å²) in [6.07, 6.45) is 4.24. The summed E-state index contributed by atoms with van der Waals surface area (Å²) in [7, 11) is -3.24. The molecule has 90 valence electrons. The molecule has 0 saturated heterocycles. The van der Waals surface area contributed by atoms with Crippen molar-refractivity contribution in [3.8, 4) is 0 Å². The van der Waals surface area contributed by atoms with Gasteiger partial charge in [-0.15, -0.1) is 11.3 Å². The van der Waals surface area contributed by atoms with Crippen molar-refractivity contribution in [2.45, 2.75) is 17.7 Å². The molecule has 0 amide bonds. The zero-order valence-corrected chi connectivity index (χ0v) is 11.1. The van der Waals surface area contributed by atoms with Gasteiger partial charge in [-0.3, -0.25) is 0 Å². The number of thiazole rings is 1. The van der Waals surface area contributed by atoms with Crippen LogP contribution in [0.2, 0.25) is 0 Å². The van der Waals surface area contributed by atoms with E-state index in [0.29, 0.717) is 6.42 Å². The number of hydrogen-bond donors (Lipinski definition) is 0. The summed E-state index contributed by atoms with van der Waals surface area (Å²) in [5.41, 5.74) is 0.752. The topological polar surface area (TPSA) is 47.0 Å². The Morgan fingerprint density at radius 3 is 2.82 bits per heavy atom. The lowest BCUT2D eigenvalue weighted by Gasteiger charge is -1.96. The number of nitrogens with zero attached hydrogens (tertiary/aromatic N) is 1. The fourth-order valence-electron chi connectivity index (χ4n) is 1.46. The van der Waals surface area contributed by atoms with Gasteiger partial charge in [0.1, 0.15) is 0 Å². The van der Waals surface area contributed by atoms with Gasteiger partial charge in [-0.05, 0) is 25.5 Å². The number of aromatic nitrogens is 1. The molecule has 3 nitrogen and oxygen atoms in total. The molecule has 0 bridgehead atoms. The molecule has 1 aromatic carbocycles. The third kappa shape index (κ3) is 2.73. The molecule has 0 unspecified atom stereocenters. The number of fused-ring (bicyclic) bond motifs is 1. The lowest BCUT2D eigenvalue weighted by atomic mass is 10.3. The van der Waals surface area contributed by atoms with E-state index in [-0.39, 0.29) is 10.1 Å². The van der Waals surface area contributed by atoms with Gasteiger partial charge in [-0.1, -0.05) is 24.3 Å². The minimum absolute atomic E-state index is 0.122. The molecular weight excluding hydrogens is 254 g/mol. The number of hydrogen-bond acceptors (Lipinski definition) is 4. The molecule has 17 heavy (non-hydrogen) atoms. The fourth-order valence-corrected chi connectivity index (χ4v) is 4.04. The summed E-state index contributed by atoms with van der Waals surface area (Å²) in [4.78, 5) is 4.17. The van der Waals surface area contributed by atoms with Gasteiger partial charge < -0.3 is 0 Å². The summed E-state index contributed by atoms with van der Waals surface area (Å²) >= 11 is 1.24. The maximum atomic E-state index is 12.0. The highest BCUT2D eigenvalue weighted by molar-refractivity contribution is 7.93.